The third-order valence-electron chi connectivity index (χ3n) is 4.94. The number of carbonyl (C=O) groups excluding carboxylic acids is 1. The molecule has 2 aliphatic heterocycles. The highest BCUT2D eigenvalue weighted by molar-refractivity contribution is 6.42. The van der Waals surface area contributed by atoms with Gasteiger partial charge in [0.2, 0.25) is 5.91 Å². The molecule has 0 bridgehead atoms. The van der Waals surface area contributed by atoms with Crippen molar-refractivity contribution in [1.29, 1.82) is 0 Å². The maximum absolute atomic E-state index is 12.1. The summed E-state index contributed by atoms with van der Waals surface area (Å²) in [6.45, 7) is 4.72. The van der Waals surface area contributed by atoms with Gasteiger partial charge in [-0.2, -0.15) is 0 Å². The number of piperidine rings is 1. The number of hydrogen-bond acceptors (Lipinski definition) is 3. The second-order valence-electron chi connectivity index (χ2n) is 6.89. The molecule has 1 aromatic carbocycles. The maximum Gasteiger partial charge on any atom is 0.237 e. The molecule has 0 aromatic heterocycles. The van der Waals surface area contributed by atoms with Gasteiger partial charge in [0, 0.05) is 19.6 Å². The van der Waals surface area contributed by atoms with Crippen LogP contribution in [0.3, 0.4) is 0 Å². The van der Waals surface area contributed by atoms with Gasteiger partial charge in [0.15, 0.2) is 0 Å². The van der Waals surface area contributed by atoms with E-state index in [1.54, 1.807) is 0 Å². The molecule has 0 aliphatic carbocycles. The van der Waals surface area contributed by atoms with Crippen LogP contribution in [0, 0.1) is 5.92 Å². The average molecular weight is 370 g/mol. The fourth-order valence-corrected chi connectivity index (χ4v) is 3.95. The van der Waals surface area contributed by atoms with E-state index < -0.39 is 0 Å². The summed E-state index contributed by atoms with van der Waals surface area (Å²) in [7, 11) is 0. The topological polar surface area (TPSA) is 44.4 Å². The summed E-state index contributed by atoms with van der Waals surface area (Å²) in [4.78, 5) is 14.6. The molecular formula is C18H25Cl2N3O. The average Bonchev–Trinajstić information content (AvgIpc) is 3.11. The predicted octanol–water partition coefficient (Wildman–Crippen LogP) is 3.07. The Balaban J connectivity index is 1.47. The van der Waals surface area contributed by atoms with Gasteiger partial charge in [-0.15, -0.1) is 0 Å². The normalized spacial score (nSPS) is 24.9. The molecule has 3 rings (SSSR count). The quantitative estimate of drug-likeness (QED) is 0.837. The summed E-state index contributed by atoms with van der Waals surface area (Å²) in [5, 5.41) is 7.59. The lowest BCUT2D eigenvalue weighted by Crippen LogP contribution is -2.45. The number of carbonyl (C=O) groups is 1. The van der Waals surface area contributed by atoms with E-state index in [2.05, 4.69) is 15.5 Å². The number of rotatable bonds is 5. The molecule has 1 aromatic rings. The highest BCUT2D eigenvalue weighted by atomic mass is 35.5. The first-order chi connectivity index (χ1) is 11.6. The van der Waals surface area contributed by atoms with Gasteiger partial charge in [-0.25, -0.2) is 0 Å². The van der Waals surface area contributed by atoms with Gasteiger partial charge in [0.05, 0.1) is 16.1 Å². The highest BCUT2D eigenvalue weighted by Crippen LogP contribution is 2.24. The molecule has 2 N–H and O–H groups in total. The number of benzene rings is 1. The van der Waals surface area contributed by atoms with Crippen molar-refractivity contribution in [2.75, 3.05) is 26.2 Å². The van der Waals surface area contributed by atoms with Gasteiger partial charge in [0.1, 0.15) is 0 Å². The van der Waals surface area contributed by atoms with Gasteiger partial charge < -0.3 is 10.6 Å². The molecule has 2 fully saturated rings. The maximum atomic E-state index is 12.1. The van der Waals surface area contributed by atoms with Crippen LogP contribution in [0.4, 0.5) is 0 Å². The fraction of sp³-hybridized carbons (Fsp3) is 0.611. The lowest BCUT2D eigenvalue weighted by Gasteiger charge is -2.33. The van der Waals surface area contributed by atoms with Gasteiger partial charge in [-0.3, -0.25) is 9.69 Å². The van der Waals surface area contributed by atoms with E-state index in [1.165, 1.54) is 18.4 Å². The molecule has 2 saturated heterocycles. The lowest BCUT2D eigenvalue weighted by atomic mass is 9.97. The number of nitrogens with zero attached hydrogens (tertiary/aromatic N) is 1. The molecule has 24 heavy (non-hydrogen) atoms. The Kier molecular flexibility index (Phi) is 6.39. The van der Waals surface area contributed by atoms with Crippen molar-refractivity contribution in [3.63, 3.8) is 0 Å². The minimum absolute atomic E-state index is 0.0147. The van der Waals surface area contributed by atoms with Gasteiger partial charge in [-0.05, 0) is 62.4 Å². The van der Waals surface area contributed by atoms with Crippen molar-refractivity contribution in [2.24, 2.45) is 5.92 Å². The molecule has 132 valence electrons. The first-order valence-corrected chi connectivity index (χ1v) is 9.55. The van der Waals surface area contributed by atoms with Gasteiger partial charge in [0.25, 0.3) is 0 Å². The van der Waals surface area contributed by atoms with E-state index in [4.69, 9.17) is 23.2 Å². The number of hydrogen-bond donors (Lipinski definition) is 2. The van der Waals surface area contributed by atoms with E-state index >= 15 is 0 Å². The van der Waals surface area contributed by atoms with E-state index in [1.807, 2.05) is 18.2 Å². The predicted molar refractivity (Wildman–Crippen MR) is 98.5 cm³/mol. The van der Waals surface area contributed by atoms with Crippen molar-refractivity contribution in [3.8, 4) is 0 Å². The van der Waals surface area contributed by atoms with Crippen LogP contribution in [0.1, 0.15) is 31.2 Å². The minimum Gasteiger partial charge on any atom is -0.354 e. The Labute approximate surface area is 153 Å². The molecule has 0 saturated carbocycles. The molecule has 0 spiro atoms. The van der Waals surface area contributed by atoms with Crippen molar-refractivity contribution >= 4 is 29.1 Å². The zero-order valence-electron chi connectivity index (χ0n) is 13.9. The molecule has 6 heteroatoms. The van der Waals surface area contributed by atoms with Crippen LogP contribution >= 0.6 is 23.2 Å². The summed E-state index contributed by atoms with van der Waals surface area (Å²) in [6.07, 6.45) is 4.40. The number of amides is 1. The zero-order chi connectivity index (χ0) is 16.9. The van der Waals surface area contributed by atoms with Crippen LogP contribution in [-0.2, 0) is 11.3 Å². The molecule has 0 radical (unpaired) electrons. The number of likely N-dealkylation sites (tertiary alicyclic amines) is 1. The monoisotopic (exact) mass is 369 g/mol. The summed E-state index contributed by atoms with van der Waals surface area (Å²) in [5.41, 5.74) is 1.18. The first kappa shape index (κ1) is 18.0. The van der Waals surface area contributed by atoms with Gasteiger partial charge in [-0.1, -0.05) is 29.3 Å². The standard InChI is InChI=1S/C18H25Cl2N3O/c19-15-6-5-13(9-16(15)20)11-23-8-2-3-14(12-23)10-22-18(24)17-4-1-7-21-17/h5-6,9,14,17,21H,1-4,7-8,10-12H2,(H,22,24). The summed E-state index contributed by atoms with van der Waals surface area (Å²) < 4.78 is 0. The van der Waals surface area contributed by atoms with Crippen LogP contribution in [0.15, 0.2) is 18.2 Å². The summed E-state index contributed by atoms with van der Waals surface area (Å²) >= 11 is 12.1. The molecule has 4 nitrogen and oxygen atoms in total. The smallest absolute Gasteiger partial charge is 0.237 e. The van der Waals surface area contributed by atoms with E-state index in [-0.39, 0.29) is 11.9 Å². The number of nitrogens with one attached hydrogen (secondary N) is 2. The SMILES string of the molecule is O=C(NCC1CCCN(Cc2ccc(Cl)c(Cl)c2)C1)C1CCCN1. The third kappa shape index (κ3) is 4.85. The van der Waals surface area contributed by atoms with Crippen LogP contribution in [0.25, 0.3) is 0 Å². The van der Waals surface area contributed by atoms with Crippen LogP contribution < -0.4 is 10.6 Å². The number of halogens is 2. The molecule has 2 aliphatic rings. The minimum atomic E-state index is 0.0147. The summed E-state index contributed by atoms with van der Waals surface area (Å²) in [6, 6.07) is 5.85. The van der Waals surface area contributed by atoms with E-state index in [9.17, 15) is 4.79 Å². The fourth-order valence-electron chi connectivity index (χ4n) is 3.63. The van der Waals surface area contributed by atoms with Crippen molar-refractivity contribution < 1.29 is 4.79 Å². The van der Waals surface area contributed by atoms with Crippen LogP contribution in [-0.4, -0.2) is 43.0 Å². The second kappa shape index (κ2) is 8.52. The van der Waals surface area contributed by atoms with Gasteiger partial charge >= 0.3 is 0 Å². The second-order valence-corrected chi connectivity index (χ2v) is 7.70. The van der Waals surface area contributed by atoms with Crippen LogP contribution in [0.5, 0.6) is 0 Å². The van der Waals surface area contributed by atoms with E-state index in [0.29, 0.717) is 16.0 Å². The largest absolute Gasteiger partial charge is 0.354 e. The Hall–Kier alpha value is -0.810. The highest BCUT2D eigenvalue weighted by Gasteiger charge is 2.24. The van der Waals surface area contributed by atoms with Crippen molar-refractivity contribution in [2.45, 2.75) is 38.3 Å². The van der Waals surface area contributed by atoms with Crippen LogP contribution in [0.2, 0.25) is 10.0 Å². The first-order valence-electron chi connectivity index (χ1n) is 8.79. The third-order valence-corrected chi connectivity index (χ3v) is 5.67. The van der Waals surface area contributed by atoms with Crippen molar-refractivity contribution in [1.82, 2.24) is 15.5 Å². The molecule has 2 unspecified atom stereocenters. The Morgan fingerprint density at radius 2 is 2.12 bits per heavy atom. The molecule has 2 atom stereocenters. The zero-order valence-corrected chi connectivity index (χ0v) is 15.4. The Morgan fingerprint density at radius 1 is 1.25 bits per heavy atom. The summed E-state index contributed by atoms with van der Waals surface area (Å²) in [5.74, 6) is 0.681. The lowest BCUT2D eigenvalue weighted by molar-refractivity contribution is -0.123. The Bertz CT molecular complexity index is 575. The molecule has 2 heterocycles. The molecular weight excluding hydrogens is 345 g/mol. The molecule has 1 amide bonds. The van der Waals surface area contributed by atoms with Crippen molar-refractivity contribution in [3.05, 3.63) is 33.8 Å². The Morgan fingerprint density at radius 3 is 2.88 bits per heavy atom. The van der Waals surface area contributed by atoms with E-state index in [0.717, 1.165) is 45.6 Å².